The largest absolute Gasteiger partial charge is 0.277 e. The molecule has 2 heteroatoms. The molecule has 0 saturated heterocycles. The predicted molar refractivity (Wildman–Crippen MR) is 96.0 cm³/mol. The first-order valence-corrected chi connectivity index (χ1v) is 7.57. The minimum Gasteiger partial charge on any atom is -0.277 e. The number of hydrogen-bond donors (Lipinski definition) is 1. The van der Waals surface area contributed by atoms with Gasteiger partial charge in [-0.05, 0) is 38.8 Å². The molecule has 1 rings (SSSR count). The number of rotatable bonds is 5. The summed E-state index contributed by atoms with van der Waals surface area (Å²) in [7, 11) is 0. The summed E-state index contributed by atoms with van der Waals surface area (Å²) in [6.45, 7) is 12.1. The maximum atomic E-state index is 4.18. The van der Waals surface area contributed by atoms with Crippen LogP contribution in [0.1, 0.15) is 52.8 Å². The summed E-state index contributed by atoms with van der Waals surface area (Å²) < 4.78 is 0. The lowest BCUT2D eigenvalue weighted by atomic mass is 10.0. The van der Waals surface area contributed by atoms with Crippen LogP contribution >= 0.6 is 0 Å². The Morgan fingerprint density at radius 2 is 1.57 bits per heavy atom. The van der Waals surface area contributed by atoms with E-state index in [9.17, 15) is 0 Å². The number of allylic oxidation sites excluding steroid dienone is 10. The van der Waals surface area contributed by atoms with Gasteiger partial charge in [0.25, 0.3) is 0 Å². The Kier molecular flexibility index (Phi) is 10.5. The zero-order valence-electron chi connectivity index (χ0n) is 14.1. The minimum absolute atomic E-state index is 1.05. The topological polar surface area (TPSA) is 28.7 Å². The van der Waals surface area contributed by atoms with Crippen LogP contribution in [0.15, 0.2) is 54.8 Å². The molecule has 1 heterocycles. The Labute approximate surface area is 129 Å². The van der Waals surface area contributed by atoms with Crippen LogP contribution in [0.25, 0.3) is 11.1 Å². The summed E-state index contributed by atoms with van der Waals surface area (Å²) >= 11 is 0. The van der Waals surface area contributed by atoms with Crippen molar-refractivity contribution in [2.24, 2.45) is 0 Å². The molecular weight excluding hydrogens is 256 g/mol. The lowest BCUT2D eigenvalue weighted by Crippen LogP contribution is -1.88. The first kappa shape index (κ1) is 18.9. The van der Waals surface area contributed by atoms with Gasteiger partial charge in [-0.15, -0.1) is 0 Å². The standard InChI is InChI=1S/C17H22N2.C2H6/c1-5-9-10-12-15(8-4)17-16(13-18-19-17)14(7-3)11-6-2;1-2/h5-13H,1-4H3,(H,18,19);1-2H3/b9-5-,11-6-,12-10-,14-7+,15-8+;. The molecule has 0 unspecified atom stereocenters. The lowest BCUT2D eigenvalue weighted by Gasteiger charge is -2.04. The number of aromatic nitrogens is 2. The maximum Gasteiger partial charge on any atom is 0.0725 e. The third-order valence-electron chi connectivity index (χ3n) is 2.79. The van der Waals surface area contributed by atoms with Crippen LogP contribution < -0.4 is 0 Å². The van der Waals surface area contributed by atoms with E-state index in [0.29, 0.717) is 0 Å². The third kappa shape index (κ3) is 5.82. The maximum absolute atomic E-state index is 4.18. The molecule has 1 aromatic heterocycles. The van der Waals surface area contributed by atoms with Crippen molar-refractivity contribution in [2.75, 3.05) is 0 Å². The second-order valence-corrected chi connectivity index (χ2v) is 4.03. The third-order valence-corrected chi connectivity index (χ3v) is 2.79. The minimum atomic E-state index is 1.05. The Bertz CT molecular complexity index is 538. The second-order valence-electron chi connectivity index (χ2n) is 4.03. The number of hydrogen-bond acceptors (Lipinski definition) is 1. The van der Waals surface area contributed by atoms with Gasteiger partial charge in [-0.2, -0.15) is 5.10 Å². The second kappa shape index (κ2) is 11.7. The molecule has 0 fully saturated rings. The molecule has 0 amide bonds. The van der Waals surface area contributed by atoms with Crippen molar-refractivity contribution < 1.29 is 0 Å². The van der Waals surface area contributed by atoms with Gasteiger partial charge in [0.2, 0.25) is 0 Å². The predicted octanol–water partition coefficient (Wildman–Crippen LogP) is 5.95. The molecule has 0 aliphatic carbocycles. The highest BCUT2D eigenvalue weighted by Gasteiger charge is 2.09. The molecule has 0 atom stereocenters. The average Bonchev–Trinajstić information content (AvgIpc) is 3.00. The van der Waals surface area contributed by atoms with E-state index in [1.165, 1.54) is 5.57 Å². The molecule has 1 aromatic rings. The first-order chi connectivity index (χ1) is 10.3. The number of H-pyrrole nitrogens is 1. The zero-order valence-corrected chi connectivity index (χ0v) is 14.1. The number of nitrogens with one attached hydrogen (secondary N) is 1. The van der Waals surface area contributed by atoms with Gasteiger partial charge < -0.3 is 0 Å². The Balaban J connectivity index is 0.00000191. The van der Waals surface area contributed by atoms with Gasteiger partial charge in [-0.3, -0.25) is 5.10 Å². The summed E-state index contributed by atoms with van der Waals surface area (Å²) in [5.74, 6) is 0. The van der Waals surface area contributed by atoms with E-state index in [1.54, 1.807) is 0 Å². The highest BCUT2D eigenvalue weighted by atomic mass is 15.1. The van der Waals surface area contributed by atoms with Gasteiger partial charge in [-0.25, -0.2) is 0 Å². The average molecular weight is 284 g/mol. The van der Waals surface area contributed by atoms with Crippen LogP contribution in [0.3, 0.4) is 0 Å². The van der Waals surface area contributed by atoms with E-state index in [1.807, 2.05) is 72.0 Å². The fourth-order valence-electron chi connectivity index (χ4n) is 1.84. The molecule has 0 saturated carbocycles. The van der Waals surface area contributed by atoms with Crippen molar-refractivity contribution in [1.29, 1.82) is 0 Å². The fraction of sp³-hybridized carbons (Fsp3) is 0.316. The molecule has 1 N–H and O–H groups in total. The van der Waals surface area contributed by atoms with E-state index < -0.39 is 0 Å². The summed E-state index contributed by atoms with van der Waals surface area (Å²) in [6, 6.07) is 0. The van der Waals surface area contributed by atoms with Crippen molar-refractivity contribution in [1.82, 2.24) is 10.2 Å². The van der Waals surface area contributed by atoms with Gasteiger partial charge >= 0.3 is 0 Å². The van der Waals surface area contributed by atoms with Gasteiger partial charge in [0, 0.05) is 5.56 Å². The van der Waals surface area contributed by atoms with E-state index in [-0.39, 0.29) is 0 Å². The molecule has 2 nitrogen and oxygen atoms in total. The molecule has 0 aliphatic heterocycles. The van der Waals surface area contributed by atoms with Crippen LogP contribution in [-0.4, -0.2) is 10.2 Å². The first-order valence-electron chi connectivity index (χ1n) is 7.57. The summed E-state index contributed by atoms with van der Waals surface area (Å²) in [6.07, 6.45) is 18.3. The van der Waals surface area contributed by atoms with Gasteiger partial charge in [-0.1, -0.05) is 62.5 Å². The smallest absolute Gasteiger partial charge is 0.0725 e. The van der Waals surface area contributed by atoms with Crippen molar-refractivity contribution >= 4 is 11.1 Å². The zero-order chi connectivity index (χ0) is 16.1. The van der Waals surface area contributed by atoms with E-state index in [0.717, 1.165) is 16.8 Å². The van der Waals surface area contributed by atoms with Crippen molar-refractivity contribution in [3.8, 4) is 0 Å². The van der Waals surface area contributed by atoms with Crippen LogP contribution in [0, 0.1) is 0 Å². The fourth-order valence-corrected chi connectivity index (χ4v) is 1.84. The van der Waals surface area contributed by atoms with Gasteiger partial charge in [0.1, 0.15) is 0 Å². The van der Waals surface area contributed by atoms with Gasteiger partial charge in [0.05, 0.1) is 11.9 Å². The van der Waals surface area contributed by atoms with Crippen molar-refractivity contribution in [3.05, 3.63) is 66.1 Å². The number of aromatic amines is 1. The summed E-state index contributed by atoms with van der Waals surface area (Å²) in [5.41, 5.74) is 4.48. The quantitative estimate of drug-likeness (QED) is 0.665. The highest BCUT2D eigenvalue weighted by molar-refractivity contribution is 5.84. The molecule has 0 bridgehead atoms. The lowest BCUT2D eigenvalue weighted by molar-refractivity contribution is 1.07. The van der Waals surface area contributed by atoms with Crippen LogP contribution in [0.2, 0.25) is 0 Å². The summed E-state index contributed by atoms with van der Waals surface area (Å²) in [5, 5.41) is 7.27. The Morgan fingerprint density at radius 3 is 2.10 bits per heavy atom. The van der Waals surface area contributed by atoms with Crippen LogP contribution in [0.4, 0.5) is 0 Å². The molecular formula is C19H28N2. The van der Waals surface area contributed by atoms with Crippen LogP contribution in [-0.2, 0) is 0 Å². The Morgan fingerprint density at radius 1 is 0.905 bits per heavy atom. The normalized spacial score (nSPS) is 13.2. The molecule has 21 heavy (non-hydrogen) atoms. The van der Waals surface area contributed by atoms with Crippen molar-refractivity contribution in [2.45, 2.75) is 41.5 Å². The molecule has 114 valence electrons. The number of nitrogens with zero attached hydrogens (tertiary/aromatic N) is 1. The molecule has 0 aromatic carbocycles. The SMILES string of the molecule is CC.C\C=C/C=C\C(=C/C)c1[nH]ncc1C(/C=C\C)=C/C. The van der Waals surface area contributed by atoms with E-state index >= 15 is 0 Å². The van der Waals surface area contributed by atoms with Gasteiger partial charge in [0.15, 0.2) is 0 Å². The summed E-state index contributed by atoms with van der Waals surface area (Å²) in [4.78, 5) is 0. The van der Waals surface area contributed by atoms with Crippen LogP contribution in [0.5, 0.6) is 0 Å². The van der Waals surface area contributed by atoms with E-state index in [4.69, 9.17) is 0 Å². The Hall–Kier alpha value is -2.09. The van der Waals surface area contributed by atoms with E-state index in [2.05, 4.69) is 34.5 Å². The van der Waals surface area contributed by atoms with Crippen molar-refractivity contribution in [3.63, 3.8) is 0 Å². The monoisotopic (exact) mass is 284 g/mol. The molecule has 0 radical (unpaired) electrons. The molecule has 0 spiro atoms. The highest BCUT2D eigenvalue weighted by Crippen LogP contribution is 2.25. The molecule has 0 aliphatic rings.